The average Bonchev–Trinajstić information content (AvgIpc) is 4.09. The van der Waals surface area contributed by atoms with Crippen LogP contribution in [-0.4, -0.2) is 34.5 Å². The van der Waals surface area contributed by atoms with Gasteiger partial charge in [0, 0.05) is 84.5 Å². The lowest BCUT2D eigenvalue weighted by atomic mass is 10.0. The zero-order chi connectivity index (χ0) is 45.4. The van der Waals surface area contributed by atoms with Crippen molar-refractivity contribution < 1.29 is 0 Å². The number of para-hydroxylation sites is 1. The Bertz CT molecular complexity index is 4260. The van der Waals surface area contributed by atoms with Crippen molar-refractivity contribution in [3.05, 3.63) is 212 Å². The van der Waals surface area contributed by atoms with E-state index in [1.54, 1.807) is 11.3 Å². The highest BCUT2D eigenvalue weighted by Gasteiger charge is 2.23. The van der Waals surface area contributed by atoms with E-state index in [1.807, 2.05) is 102 Å². The monoisotopic (exact) mass is 917 g/mol. The van der Waals surface area contributed by atoms with E-state index >= 15 is 0 Å². The predicted molar refractivity (Wildman–Crippen MR) is 286 cm³/mol. The fraction of sp³-hybridized carbons (Fsp3) is 0. The summed E-state index contributed by atoms with van der Waals surface area (Å²) in [5.74, 6) is 3.41. The molecule has 9 aromatic carbocycles. The van der Waals surface area contributed by atoms with Gasteiger partial charge in [-0.15, -0.1) is 22.7 Å². The molecular weight excluding hydrogens is 883 g/mol. The first-order valence-corrected chi connectivity index (χ1v) is 24.4. The molecule has 0 bridgehead atoms. The topological polar surface area (TPSA) is 82.3 Å². The van der Waals surface area contributed by atoms with E-state index in [9.17, 15) is 0 Å². The lowest BCUT2D eigenvalue weighted by Crippen LogP contribution is -2.05. The normalized spacial score (nSPS) is 11.8. The maximum Gasteiger partial charge on any atom is 0.166 e. The molecule has 0 saturated carbocycles. The van der Waals surface area contributed by atoms with E-state index in [2.05, 4.69) is 126 Å². The van der Waals surface area contributed by atoms with Crippen LogP contribution in [0.25, 0.3) is 136 Å². The van der Waals surface area contributed by atoms with Gasteiger partial charge < -0.3 is 4.57 Å². The van der Waals surface area contributed by atoms with Crippen molar-refractivity contribution in [3.8, 4) is 74.0 Å². The molecule has 14 aromatic rings. The van der Waals surface area contributed by atoms with E-state index in [0.717, 1.165) is 55.5 Å². The summed E-state index contributed by atoms with van der Waals surface area (Å²) in [6.45, 7) is 0. The van der Waals surface area contributed by atoms with Crippen LogP contribution in [0, 0.1) is 0 Å². The summed E-state index contributed by atoms with van der Waals surface area (Å²) in [7, 11) is 0. The van der Waals surface area contributed by atoms with Crippen molar-refractivity contribution in [2.75, 3.05) is 0 Å². The highest BCUT2D eigenvalue weighted by molar-refractivity contribution is 7.26. The van der Waals surface area contributed by atoms with Crippen LogP contribution in [0.4, 0.5) is 0 Å². The summed E-state index contributed by atoms with van der Waals surface area (Å²) in [6, 6.07) is 74.0. The highest BCUT2D eigenvalue weighted by Crippen LogP contribution is 2.43. The number of benzene rings is 9. The SMILES string of the molecule is c1ccc(-c2nc(-c3ccc(-n4c5ccccc5c5cc6sc7ccccc7c6cc54)c(-c4nc(-c5ccccc5)nc(-c5ccccc5)n4)c3)nc(-c3ccc4c(c3)sc3ccccc34)n2)cc1. The molecule has 0 aliphatic rings. The smallest absolute Gasteiger partial charge is 0.166 e. The Labute approximate surface area is 403 Å². The van der Waals surface area contributed by atoms with Crippen molar-refractivity contribution in [1.82, 2.24) is 34.5 Å². The zero-order valence-corrected chi connectivity index (χ0v) is 38.3. The summed E-state index contributed by atoms with van der Waals surface area (Å²) in [4.78, 5) is 31.4. The third kappa shape index (κ3) is 6.70. The molecule has 5 aromatic heterocycles. The quantitative estimate of drug-likeness (QED) is 0.158. The molecule has 0 N–H and O–H groups in total. The Morgan fingerprint density at radius 3 is 1.29 bits per heavy atom. The zero-order valence-electron chi connectivity index (χ0n) is 36.7. The maximum absolute atomic E-state index is 5.34. The van der Waals surface area contributed by atoms with Gasteiger partial charge in [0.15, 0.2) is 34.9 Å². The minimum atomic E-state index is 0.528. The van der Waals surface area contributed by atoms with Crippen molar-refractivity contribution in [2.45, 2.75) is 0 Å². The molecule has 0 saturated heterocycles. The minimum absolute atomic E-state index is 0.528. The largest absolute Gasteiger partial charge is 0.308 e. The molecule has 322 valence electrons. The molecule has 0 fully saturated rings. The van der Waals surface area contributed by atoms with Crippen LogP contribution in [-0.2, 0) is 0 Å². The molecule has 0 radical (unpaired) electrons. The first kappa shape index (κ1) is 39.4. The maximum atomic E-state index is 5.34. The standard InChI is InChI=1S/C60H35N7S2/c1-4-16-36(17-5-1)55-62-58(64-59(63-55)40-28-30-44-42-23-11-14-26-51(42)68-53(44)33-40)39-29-31-49(47(32-39)60-65-56(37-18-6-2-7-19-37)61-57(66-60)38-20-8-3-9-21-38)67-48-25-13-10-22-41(48)45-35-54-46(34-50(45)67)43-24-12-15-27-52(43)69-54/h1-35H. The number of aromatic nitrogens is 7. The second kappa shape index (κ2) is 16.0. The summed E-state index contributed by atoms with van der Waals surface area (Å²) in [5, 5.41) is 7.28. The number of hydrogen-bond acceptors (Lipinski definition) is 8. The Morgan fingerprint density at radius 1 is 0.261 bits per heavy atom. The molecule has 14 rings (SSSR count). The molecule has 5 heterocycles. The molecule has 0 spiro atoms. The van der Waals surface area contributed by atoms with Crippen LogP contribution in [0.5, 0.6) is 0 Å². The van der Waals surface area contributed by atoms with Gasteiger partial charge in [0.05, 0.1) is 16.7 Å². The van der Waals surface area contributed by atoms with Crippen LogP contribution in [0.1, 0.15) is 0 Å². The third-order valence-corrected chi connectivity index (χ3v) is 15.2. The molecule has 0 unspecified atom stereocenters. The fourth-order valence-corrected chi connectivity index (χ4v) is 11.9. The lowest BCUT2D eigenvalue weighted by Gasteiger charge is -2.16. The van der Waals surface area contributed by atoms with Gasteiger partial charge in [-0.2, -0.15) is 0 Å². The third-order valence-electron chi connectivity index (χ3n) is 12.9. The van der Waals surface area contributed by atoms with Gasteiger partial charge in [0.25, 0.3) is 0 Å². The van der Waals surface area contributed by atoms with Gasteiger partial charge >= 0.3 is 0 Å². The molecular formula is C60H35N7S2. The Morgan fingerprint density at radius 2 is 0.696 bits per heavy atom. The molecule has 69 heavy (non-hydrogen) atoms. The lowest BCUT2D eigenvalue weighted by molar-refractivity contribution is 1.06. The molecule has 0 aliphatic heterocycles. The number of rotatable bonds is 7. The van der Waals surface area contributed by atoms with Crippen molar-refractivity contribution in [1.29, 1.82) is 0 Å². The van der Waals surface area contributed by atoms with Gasteiger partial charge in [-0.3, -0.25) is 0 Å². The van der Waals surface area contributed by atoms with Gasteiger partial charge in [-0.05, 0) is 54.6 Å². The van der Waals surface area contributed by atoms with Gasteiger partial charge in [-0.1, -0.05) is 158 Å². The summed E-state index contributed by atoms with van der Waals surface area (Å²) in [6.07, 6.45) is 0. The van der Waals surface area contributed by atoms with Gasteiger partial charge in [-0.25, -0.2) is 29.9 Å². The summed E-state index contributed by atoms with van der Waals surface area (Å²) < 4.78 is 7.33. The van der Waals surface area contributed by atoms with Crippen molar-refractivity contribution in [2.24, 2.45) is 0 Å². The Hall–Kier alpha value is -8.76. The average molecular weight is 918 g/mol. The first-order chi connectivity index (χ1) is 34.2. The van der Waals surface area contributed by atoms with Crippen LogP contribution >= 0.6 is 22.7 Å². The number of hydrogen-bond donors (Lipinski definition) is 0. The summed E-state index contributed by atoms with van der Waals surface area (Å²) >= 11 is 3.62. The Balaban J connectivity index is 1.05. The highest BCUT2D eigenvalue weighted by atomic mass is 32.1. The predicted octanol–water partition coefficient (Wildman–Crippen LogP) is 15.9. The first-order valence-electron chi connectivity index (χ1n) is 22.8. The molecule has 7 nitrogen and oxygen atoms in total. The van der Waals surface area contributed by atoms with Crippen LogP contribution in [0.15, 0.2) is 212 Å². The molecule has 0 amide bonds. The van der Waals surface area contributed by atoms with Crippen LogP contribution in [0.2, 0.25) is 0 Å². The summed E-state index contributed by atoms with van der Waals surface area (Å²) in [5.41, 5.74) is 8.29. The van der Waals surface area contributed by atoms with E-state index in [4.69, 9.17) is 29.9 Å². The van der Waals surface area contributed by atoms with Gasteiger partial charge in [0.1, 0.15) is 0 Å². The van der Waals surface area contributed by atoms with Gasteiger partial charge in [0.2, 0.25) is 0 Å². The molecule has 9 heteroatoms. The molecule has 0 aliphatic carbocycles. The van der Waals surface area contributed by atoms with Crippen molar-refractivity contribution >= 4 is 84.8 Å². The van der Waals surface area contributed by atoms with Crippen LogP contribution in [0.3, 0.4) is 0 Å². The minimum Gasteiger partial charge on any atom is -0.308 e. The number of fused-ring (bicyclic) bond motifs is 9. The van der Waals surface area contributed by atoms with E-state index in [1.165, 1.54) is 45.7 Å². The fourth-order valence-electron chi connectivity index (χ4n) is 9.64. The molecule has 0 atom stereocenters. The van der Waals surface area contributed by atoms with Crippen LogP contribution < -0.4 is 0 Å². The second-order valence-corrected chi connectivity index (χ2v) is 19.2. The Kier molecular flexibility index (Phi) is 9.11. The van der Waals surface area contributed by atoms with E-state index in [0.29, 0.717) is 34.9 Å². The number of nitrogens with zero attached hydrogens (tertiary/aromatic N) is 7. The second-order valence-electron chi connectivity index (χ2n) is 17.1. The number of thiophene rings is 2. The van der Waals surface area contributed by atoms with Crippen molar-refractivity contribution in [3.63, 3.8) is 0 Å². The van der Waals surface area contributed by atoms with E-state index in [-0.39, 0.29) is 0 Å². The van der Waals surface area contributed by atoms with E-state index < -0.39 is 0 Å².